The van der Waals surface area contributed by atoms with E-state index in [9.17, 15) is 19.2 Å². The number of ether oxygens (including phenoxy) is 10. The van der Waals surface area contributed by atoms with Crippen molar-refractivity contribution in [1.82, 2.24) is 9.80 Å². The van der Waals surface area contributed by atoms with Crippen LogP contribution in [-0.4, -0.2) is 122 Å². The van der Waals surface area contributed by atoms with E-state index in [0.717, 1.165) is 9.80 Å². The number of imide groups is 2. The molecule has 2 heterocycles. The molecule has 9 aromatic carbocycles. The molecule has 0 bridgehead atoms. The molecule has 20 heteroatoms. The van der Waals surface area contributed by atoms with Gasteiger partial charge < -0.3 is 47.4 Å². The third kappa shape index (κ3) is 13.8. The highest BCUT2D eigenvalue weighted by Crippen LogP contribution is 2.58. The molecule has 0 aromatic heterocycles. The van der Waals surface area contributed by atoms with Gasteiger partial charge in [0, 0.05) is 93.5 Å². The summed E-state index contributed by atoms with van der Waals surface area (Å²) in [4.78, 5) is 119. The van der Waals surface area contributed by atoms with Gasteiger partial charge in [0.2, 0.25) is 0 Å². The van der Waals surface area contributed by atoms with E-state index in [0.29, 0.717) is 35.8 Å². The van der Waals surface area contributed by atoms with Crippen LogP contribution in [0.15, 0.2) is 170 Å². The van der Waals surface area contributed by atoms with E-state index in [4.69, 9.17) is 47.4 Å². The van der Waals surface area contributed by atoms with Gasteiger partial charge in [-0.15, -0.1) is 0 Å². The summed E-state index contributed by atoms with van der Waals surface area (Å²) in [5.74, 6) is -5.00. The van der Waals surface area contributed by atoms with Crippen LogP contribution >= 0.6 is 0 Å². The van der Waals surface area contributed by atoms with Crippen LogP contribution in [-0.2, 0) is 47.6 Å². The zero-order valence-electron chi connectivity index (χ0n) is 53.6. The van der Waals surface area contributed by atoms with E-state index in [2.05, 4.69) is 13.2 Å². The Kier molecular flexibility index (Phi) is 20.8. The number of benzene rings is 9. The number of rotatable bonds is 32. The smallest absolute Gasteiger partial charge is 0.333 e. The van der Waals surface area contributed by atoms with E-state index >= 15 is 19.2 Å². The van der Waals surface area contributed by atoms with Gasteiger partial charge in [-0.3, -0.25) is 29.0 Å². The van der Waals surface area contributed by atoms with Crippen molar-refractivity contribution in [2.75, 3.05) is 52.9 Å². The summed E-state index contributed by atoms with van der Waals surface area (Å²) in [6, 6.07) is 38.0. The molecule has 2 aliphatic rings. The fourth-order valence-corrected chi connectivity index (χ4v) is 11.8. The lowest BCUT2D eigenvalue weighted by atomic mass is 9.80. The average Bonchev–Trinajstić information content (AvgIpc) is 0.673. The summed E-state index contributed by atoms with van der Waals surface area (Å²) in [5, 5.41) is 1.69. The minimum absolute atomic E-state index is 0.0359. The summed E-state index contributed by atoms with van der Waals surface area (Å²) in [6.07, 6.45) is 0.901. The van der Waals surface area contributed by atoms with Gasteiger partial charge in [-0.05, 0) is 126 Å². The number of amides is 4. The van der Waals surface area contributed by atoms with Crippen LogP contribution < -0.4 is 18.9 Å². The highest BCUT2D eigenvalue weighted by Gasteiger charge is 2.47. The lowest BCUT2D eigenvalue weighted by Gasteiger charge is -2.35. The van der Waals surface area contributed by atoms with Gasteiger partial charge in [-0.2, -0.15) is 0 Å². The van der Waals surface area contributed by atoms with Crippen molar-refractivity contribution in [3.05, 3.63) is 192 Å². The van der Waals surface area contributed by atoms with Crippen LogP contribution in [0, 0.1) is 0 Å². The SMILES string of the molecule is C=C(C)C(=O)OCCCCOC(=O)C(CCOCC)N1C(=O)c2cc(Oc3ccccc3)c3c4c(Oc5ccccc5)cc5c6c(cc(Oc7ccccc7)c(c7c(Oc8ccccc8)cc(c2c37)C1=O)c64)C(=O)N(C(CCOCC)C(=O)OCCCCOC(=O)C(=C)C)C5=O. The molecule has 0 radical (unpaired) electrons. The van der Waals surface area contributed by atoms with Crippen molar-refractivity contribution in [1.29, 1.82) is 0 Å². The van der Waals surface area contributed by atoms with Gasteiger partial charge in [0.15, 0.2) is 0 Å². The van der Waals surface area contributed by atoms with E-state index in [1.54, 1.807) is 135 Å². The molecule has 492 valence electrons. The molecule has 0 saturated carbocycles. The monoisotopic (exact) mass is 1300 g/mol. The number of carbonyl (C=O) groups is 8. The fraction of sp³-hybridized carbons (Fsp3) is 0.263. The Morgan fingerprint density at radius 1 is 0.365 bits per heavy atom. The number of fused-ring (bicyclic) bond motifs is 2. The topological polar surface area (TPSA) is 235 Å². The number of esters is 4. The largest absolute Gasteiger partial charge is 0.464 e. The van der Waals surface area contributed by atoms with E-state index < -0.39 is 59.6 Å². The number of carbonyl (C=O) groups excluding carboxylic acids is 8. The van der Waals surface area contributed by atoms with Gasteiger partial charge in [-0.25, -0.2) is 19.2 Å². The first-order valence-corrected chi connectivity index (χ1v) is 31.8. The van der Waals surface area contributed by atoms with Crippen molar-refractivity contribution in [3.63, 3.8) is 0 Å². The van der Waals surface area contributed by atoms with Crippen molar-refractivity contribution >= 4 is 90.6 Å². The van der Waals surface area contributed by atoms with Crippen LogP contribution in [0.5, 0.6) is 46.0 Å². The number of hydrogen-bond donors (Lipinski definition) is 0. The molecule has 0 spiro atoms. The quantitative estimate of drug-likeness (QED) is 0.00724. The lowest BCUT2D eigenvalue weighted by molar-refractivity contribution is -0.150. The molecule has 4 amide bonds. The first-order valence-electron chi connectivity index (χ1n) is 31.8. The maximum absolute atomic E-state index is 16.0. The summed E-state index contributed by atoms with van der Waals surface area (Å²) in [5.41, 5.74) is 0.240. The van der Waals surface area contributed by atoms with Gasteiger partial charge in [0.1, 0.15) is 58.1 Å². The lowest BCUT2D eigenvalue weighted by Crippen LogP contribution is -2.51. The molecular formula is C76H70N2O18. The third-order valence-corrected chi connectivity index (χ3v) is 16.2. The number of para-hydroxylation sites is 4. The van der Waals surface area contributed by atoms with Crippen molar-refractivity contribution in [2.24, 2.45) is 0 Å². The second kappa shape index (κ2) is 30.0. The van der Waals surface area contributed by atoms with E-state index in [-0.39, 0.29) is 178 Å². The summed E-state index contributed by atoms with van der Waals surface area (Å²) in [7, 11) is 0. The number of nitrogens with zero attached hydrogens (tertiary/aromatic N) is 2. The van der Waals surface area contributed by atoms with Crippen molar-refractivity contribution in [2.45, 2.75) is 78.3 Å². The average molecular weight is 1300 g/mol. The maximum Gasteiger partial charge on any atom is 0.333 e. The summed E-state index contributed by atoms with van der Waals surface area (Å²) < 4.78 is 61.8. The molecule has 2 aliphatic heterocycles. The highest BCUT2D eigenvalue weighted by molar-refractivity contribution is 6.45. The molecule has 0 saturated heterocycles. The second-order valence-electron chi connectivity index (χ2n) is 22.9. The van der Waals surface area contributed by atoms with Crippen LogP contribution in [0.4, 0.5) is 0 Å². The zero-order chi connectivity index (χ0) is 67.6. The molecule has 20 nitrogen and oxygen atoms in total. The molecule has 0 N–H and O–H groups in total. The first kappa shape index (κ1) is 66.5. The molecule has 2 atom stereocenters. The van der Waals surface area contributed by atoms with Gasteiger partial charge in [-0.1, -0.05) is 86.0 Å². The second-order valence-corrected chi connectivity index (χ2v) is 22.9. The molecular weight excluding hydrogens is 1230 g/mol. The molecule has 0 aliphatic carbocycles. The maximum atomic E-state index is 16.0. The van der Waals surface area contributed by atoms with Crippen LogP contribution in [0.3, 0.4) is 0 Å². The van der Waals surface area contributed by atoms with Crippen LogP contribution in [0.25, 0.3) is 43.1 Å². The minimum atomic E-state index is -1.53. The molecule has 2 unspecified atom stereocenters. The van der Waals surface area contributed by atoms with Crippen molar-refractivity contribution in [3.8, 4) is 46.0 Å². The Bertz CT molecular complexity index is 3980. The Morgan fingerprint density at radius 3 is 0.875 bits per heavy atom. The van der Waals surface area contributed by atoms with Crippen LogP contribution in [0.1, 0.15) is 108 Å². The first-order chi connectivity index (χ1) is 46.6. The molecule has 9 aromatic rings. The molecule has 11 rings (SSSR count). The summed E-state index contributed by atoms with van der Waals surface area (Å²) >= 11 is 0. The minimum Gasteiger partial charge on any atom is -0.464 e. The number of unbranched alkanes of at least 4 members (excludes halogenated alkanes) is 2. The Balaban J connectivity index is 1.18. The van der Waals surface area contributed by atoms with Gasteiger partial charge in [0.05, 0.1) is 48.7 Å². The van der Waals surface area contributed by atoms with Crippen molar-refractivity contribution < 1.29 is 85.7 Å². The predicted molar refractivity (Wildman–Crippen MR) is 356 cm³/mol. The molecule has 96 heavy (non-hydrogen) atoms. The fourth-order valence-electron chi connectivity index (χ4n) is 11.8. The van der Waals surface area contributed by atoms with Gasteiger partial charge >= 0.3 is 23.9 Å². The standard InChI is InChI=1S/C76H70N2O18/c1-7-87-39-33-55(75(85)91-37-23-21-35-89-73(83)45(3)4)77-69(79)51-41-57(93-47-25-13-9-14-26-47)63-65-59(95-49-29-17-11-18-30-49)43-53-62-54(72(82)78(71(53)81)56(34-40-88-8-2)76(86)92-38-24-22-36-90-74(84)46(5)6)44-60(96-50-31-19-12-20-32-50)66(68(62)65)64-58(94-48-27-15-10-16-28-48)42-52(70(77)80)61(51)67(63)64/h9-20,25-32,41-44,55-56H,3,5,7-8,21-24,33-40H2,1-2,4,6H3. The summed E-state index contributed by atoms with van der Waals surface area (Å²) in [6.45, 7) is 14.0. The highest BCUT2D eigenvalue weighted by atomic mass is 16.6. The van der Waals surface area contributed by atoms with E-state index in [1.165, 1.54) is 38.1 Å². The Hall–Kier alpha value is -11.0. The Labute approximate surface area is 553 Å². The zero-order valence-corrected chi connectivity index (χ0v) is 53.6. The van der Waals surface area contributed by atoms with Crippen LogP contribution in [0.2, 0.25) is 0 Å². The van der Waals surface area contributed by atoms with Gasteiger partial charge in [0.25, 0.3) is 23.6 Å². The number of hydrogen-bond acceptors (Lipinski definition) is 18. The van der Waals surface area contributed by atoms with E-state index in [1.807, 2.05) is 0 Å². The third-order valence-electron chi connectivity index (χ3n) is 16.2. The predicted octanol–water partition coefficient (Wildman–Crippen LogP) is 14.6. The normalized spacial score (nSPS) is 13.2. The Morgan fingerprint density at radius 2 is 0.625 bits per heavy atom. The molecule has 0 fully saturated rings.